The zero-order valence-electron chi connectivity index (χ0n) is 24.6. The summed E-state index contributed by atoms with van der Waals surface area (Å²) in [5, 5.41) is 9.30. The average Bonchev–Trinajstić information content (AvgIpc) is 3.64. The van der Waals surface area contributed by atoms with Crippen molar-refractivity contribution in [2.45, 2.75) is 19.9 Å². The molecule has 1 aliphatic rings. The van der Waals surface area contributed by atoms with Gasteiger partial charge in [0.25, 0.3) is 5.56 Å². The van der Waals surface area contributed by atoms with Gasteiger partial charge in [-0.25, -0.2) is 14.6 Å². The smallest absolute Gasteiger partial charge is 0.338 e. The van der Waals surface area contributed by atoms with Gasteiger partial charge in [-0.05, 0) is 61.4 Å². The molecule has 0 fully saturated rings. The van der Waals surface area contributed by atoms with Crippen LogP contribution in [0.15, 0.2) is 105 Å². The molecule has 1 aliphatic heterocycles. The number of aromatic nitrogens is 1. The van der Waals surface area contributed by atoms with Crippen molar-refractivity contribution < 1.29 is 28.6 Å². The van der Waals surface area contributed by atoms with E-state index < -0.39 is 18.0 Å². The van der Waals surface area contributed by atoms with Gasteiger partial charge >= 0.3 is 11.9 Å². The van der Waals surface area contributed by atoms with Crippen LogP contribution in [0.1, 0.15) is 45.8 Å². The molecule has 0 saturated heterocycles. The minimum absolute atomic E-state index is 0.156. The minimum atomic E-state index is -1.00. The molecule has 45 heavy (non-hydrogen) atoms. The summed E-state index contributed by atoms with van der Waals surface area (Å²) in [7, 11) is 1.57. The summed E-state index contributed by atoms with van der Waals surface area (Å²) in [6.45, 7) is 3.70. The van der Waals surface area contributed by atoms with E-state index in [2.05, 4.69) is 0 Å². The summed E-state index contributed by atoms with van der Waals surface area (Å²) in [4.78, 5) is 44.3. The van der Waals surface area contributed by atoms with Crippen molar-refractivity contribution >= 4 is 35.0 Å². The Balaban J connectivity index is 1.52. The van der Waals surface area contributed by atoms with Gasteiger partial charge in [-0.2, -0.15) is 0 Å². The monoisotopic (exact) mass is 620 g/mol. The highest BCUT2D eigenvalue weighted by Gasteiger charge is 2.35. The molecular weight excluding hydrogens is 592 g/mol. The molecule has 2 aromatic heterocycles. The molecule has 0 bridgehead atoms. The van der Waals surface area contributed by atoms with Gasteiger partial charge in [0.2, 0.25) is 0 Å². The topological polar surface area (TPSA) is 120 Å². The number of hydrogen-bond donors (Lipinski definition) is 1. The summed E-state index contributed by atoms with van der Waals surface area (Å²) >= 11 is 1.19. The number of aromatic carboxylic acids is 1. The van der Waals surface area contributed by atoms with Crippen LogP contribution in [0.4, 0.5) is 0 Å². The first-order valence-corrected chi connectivity index (χ1v) is 15.0. The van der Waals surface area contributed by atoms with Gasteiger partial charge in [0.15, 0.2) is 4.80 Å². The number of esters is 1. The quantitative estimate of drug-likeness (QED) is 0.237. The van der Waals surface area contributed by atoms with Gasteiger partial charge in [-0.1, -0.05) is 59.9 Å². The molecule has 226 valence electrons. The van der Waals surface area contributed by atoms with Crippen molar-refractivity contribution in [1.82, 2.24) is 4.57 Å². The summed E-state index contributed by atoms with van der Waals surface area (Å²) in [5.74, 6) is 0.0452. The molecule has 6 rings (SSSR count). The highest BCUT2D eigenvalue weighted by molar-refractivity contribution is 7.07. The molecule has 0 amide bonds. The van der Waals surface area contributed by atoms with Crippen LogP contribution in [0, 0.1) is 6.92 Å². The lowest BCUT2D eigenvalue weighted by Gasteiger charge is -2.26. The number of hydrogen-bond acceptors (Lipinski definition) is 8. The standard InChI is InChI=1S/C35H28N2O7S/c1-4-43-34(41)29-30(21-8-6-5-7-9-21)36-35-37(31(29)22-10-13-24(42-3)14-11-22)32(38)28(45-35)19-25-15-17-27(44-25)26-16-12-23(33(39)40)18-20(26)2/h5-19,31H,4H2,1-3H3,(H,39,40)/b28-19-/t31-/m0/s1. The molecule has 10 heteroatoms. The first-order valence-electron chi connectivity index (χ1n) is 14.2. The number of aryl methyl sites for hydroxylation is 1. The number of furan rings is 1. The Labute approximate surface area is 261 Å². The molecule has 3 heterocycles. The van der Waals surface area contributed by atoms with Crippen molar-refractivity contribution in [2.75, 3.05) is 13.7 Å². The maximum absolute atomic E-state index is 14.1. The largest absolute Gasteiger partial charge is 0.497 e. The first kappa shape index (κ1) is 29.6. The highest BCUT2D eigenvalue weighted by atomic mass is 32.1. The molecule has 5 aromatic rings. The second-order valence-corrected chi connectivity index (χ2v) is 11.3. The molecule has 0 unspecified atom stereocenters. The van der Waals surface area contributed by atoms with Gasteiger partial charge in [0.1, 0.15) is 17.3 Å². The van der Waals surface area contributed by atoms with Crippen LogP contribution < -0.4 is 19.6 Å². The molecule has 0 radical (unpaired) electrons. The number of ether oxygens (including phenoxy) is 2. The van der Waals surface area contributed by atoms with Crippen LogP contribution in [0.3, 0.4) is 0 Å². The Morgan fingerprint density at radius 1 is 1.04 bits per heavy atom. The molecule has 9 nitrogen and oxygen atoms in total. The Hall–Kier alpha value is -5.48. The van der Waals surface area contributed by atoms with Crippen LogP contribution in [0.5, 0.6) is 5.75 Å². The molecule has 0 aliphatic carbocycles. The fourth-order valence-electron chi connectivity index (χ4n) is 5.32. The number of nitrogens with zero attached hydrogens (tertiary/aromatic N) is 2. The van der Waals surface area contributed by atoms with Crippen molar-refractivity contribution in [1.29, 1.82) is 0 Å². The van der Waals surface area contributed by atoms with Gasteiger partial charge in [0, 0.05) is 17.2 Å². The SMILES string of the molecule is CCOC(=O)C1=C(c2ccccc2)N=c2s/c(=C\c3ccc(-c4ccc(C(=O)O)cc4C)o3)c(=O)n2[C@H]1c1ccc(OC)cc1. The second-order valence-electron chi connectivity index (χ2n) is 10.2. The molecule has 3 aromatic carbocycles. The van der Waals surface area contributed by atoms with Gasteiger partial charge in [-0.15, -0.1) is 0 Å². The van der Waals surface area contributed by atoms with E-state index in [4.69, 9.17) is 18.9 Å². The van der Waals surface area contributed by atoms with Crippen LogP contribution >= 0.6 is 11.3 Å². The Morgan fingerprint density at radius 2 is 1.80 bits per heavy atom. The molecule has 0 spiro atoms. The predicted octanol–water partition coefficient (Wildman–Crippen LogP) is 5.21. The maximum Gasteiger partial charge on any atom is 0.338 e. The van der Waals surface area contributed by atoms with Crippen molar-refractivity contribution in [3.05, 3.63) is 138 Å². The van der Waals surface area contributed by atoms with E-state index in [0.717, 1.165) is 16.7 Å². The number of carbonyl (C=O) groups is 2. The number of carbonyl (C=O) groups excluding carboxylic acids is 1. The van der Waals surface area contributed by atoms with Crippen molar-refractivity contribution in [2.24, 2.45) is 4.99 Å². The van der Waals surface area contributed by atoms with E-state index in [1.54, 1.807) is 56.5 Å². The number of fused-ring (bicyclic) bond motifs is 1. The summed E-state index contributed by atoms with van der Waals surface area (Å²) in [5.41, 5.74) is 3.44. The average molecular weight is 621 g/mol. The molecular formula is C35H28N2O7S. The number of benzene rings is 3. The Bertz CT molecular complexity index is 2140. The third-order valence-electron chi connectivity index (χ3n) is 7.44. The highest BCUT2D eigenvalue weighted by Crippen LogP contribution is 2.36. The van der Waals surface area contributed by atoms with E-state index in [1.165, 1.54) is 22.0 Å². The fourth-order valence-corrected chi connectivity index (χ4v) is 6.30. The lowest BCUT2D eigenvalue weighted by molar-refractivity contribution is -0.138. The third kappa shape index (κ3) is 5.63. The van der Waals surface area contributed by atoms with Crippen LogP contribution in [-0.4, -0.2) is 35.3 Å². The van der Waals surface area contributed by atoms with Crippen LogP contribution in [-0.2, 0) is 9.53 Å². The van der Waals surface area contributed by atoms with E-state index in [-0.39, 0.29) is 23.3 Å². The predicted molar refractivity (Wildman–Crippen MR) is 170 cm³/mol. The normalized spacial score (nSPS) is 14.6. The van der Waals surface area contributed by atoms with E-state index >= 15 is 0 Å². The zero-order valence-corrected chi connectivity index (χ0v) is 25.5. The molecule has 0 saturated carbocycles. The van der Waals surface area contributed by atoms with Gasteiger partial charge < -0.3 is 19.0 Å². The van der Waals surface area contributed by atoms with Gasteiger partial charge in [-0.3, -0.25) is 9.36 Å². The van der Waals surface area contributed by atoms with Crippen LogP contribution in [0.25, 0.3) is 23.1 Å². The number of methoxy groups -OCH3 is 1. The van der Waals surface area contributed by atoms with E-state index in [0.29, 0.717) is 37.9 Å². The number of thiazole rings is 1. The number of carboxylic acids is 1. The Morgan fingerprint density at radius 3 is 2.47 bits per heavy atom. The summed E-state index contributed by atoms with van der Waals surface area (Å²) in [6, 6.07) is 24.1. The zero-order chi connectivity index (χ0) is 31.7. The van der Waals surface area contributed by atoms with E-state index in [9.17, 15) is 19.5 Å². The van der Waals surface area contributed by atoms with Crippen LogP contribution in [0.2, 0.25) is 0 Å². The lowest BCUT2D eigenvalue weighted by atomic mass is 9.93. The first-order chi connectivity index (χ1) is 21.8. The van der Waals surface area contributed by atoms with Crippen molar-refractivity contribution in [3.8, 4) is 17.1 Å². The number of rotatable bonds is 8. The fraction of sp³-hybridized carbons (Fsp3) is 0.143. The lowest BCUT2D eigenvalue weighted by Crippen LogP contribution is -2.40. The summed E-state index contributed by atoms with van der Waals surface area (Å²) < 4.78 is 18.8. The molecule has 1 N–H and O–H groups in total. The minimum Gasteiger partial charge on any atom is -0.497 e. The summed E-state index contributed by atoms with van der Waals surface area (Å²) in [6.07, 6.45) is 1.65. The van der Waals surface area contributed by atoms with E-state index in [1.807, 2.05) is 49.4 Å². The number of carboxylic acid groups (broad SMARTS) is 1. The molecule has 1 atom stereocenters. The van der Waals surface area contributed by atoms with Gasteiger partial charge in [0.05, 0.1) is 41.1 Å². The third-order valence-corrected chi connectivity index (χ3v) is 8.43. The van der Waals surface area contributed by atoms with Crippen molar-refractivity contribution in [3.63, 3.8) is 0 Å². The Kier molecular flexibility index (Phi) is 8.06. The second kappa shape index (κ2) is 12.3. The maximum atomic E-state index is 14.1.